The van der Waals surface area contributed by atoms with Crippen molar-refractivity contribution < 1.29 is 14.3 Å². The van der Waals surface area contributed by atoms with E-state index < -0.39 is 5.97 Å². The molecule has 0 saturated carbocycles. The summed E-state index contributed by atoms with van der Waals surface area (Å²) in [6.07, 6.45) is 0. The first kappa shape index (κ1) is 15.1. The molecule has 0 atom stereocenters. The third-order valence-electron chi connectivity index (χ3n) is 4.30. The molecule has 0 bridgehead atoms. The lowest BCUT2D eigenvalue weighted by Crippen LogP contribution is -2.03. The van der Waals surface area contributed by atoms with Crippen LogP contribution in [0.5, 0.6) is 0 Å². The second-order valence-electron chi connectivity index (χ2n) is 6.04. The highest BCUT2D eigenvalue weighted by Crippen LogP contribution is 2.41. The van der Waals surface area contributed by atoms with Gasteiger partial charge in [-0.1, -0.05) is 30.3 Å². The Labute approximate surface area is 143 Å². The van der Waals surface area contributed by atoms with E-state index in [-0.39, 0.29) is 5.56 Å². The molecule has 2 N–H and O–H groups in total. The van der Waals surface area contributed by atoms with Crippen LogP contribution in [0, 0.1) is 12.3 Å². The first-order chi connectivity index (χ1) is 12.0. The van der Waals surface area contributed by atoms with Crippen LogP contribution in [-0.2, 0) is 0 Å². The van der Waals surface area contributed by atoms with E-state index in [0.717, 1.165) is 22.1 Å². The van der Waals surface area contributed by atoms with Gasteiger partial charge in [0, 0.05) is 22.6 Å². The summed E-state index contributed by atoms with van der Waals surface area (Å²) in [6.45, 7) is 1.98. The largest absolute Gasteiger partial charge is 0.478 e. The topological polar surface area (TPSA) is 74.3 Å². The number of aromatic carboxylic acids is 1. The van der Waals surface area contributed by atoms with E-state index in [0.29, 0.717) is 22.3 Å². The Morgan fingerprint density at radius 3 is 2.60 bits per heavy atom. The molecule has 122 valence electrons. The van der Waals surface area contributed by atoms with Crippen molar-refractivity contribution in [2.75, 3.05) is 0 Å². The summed E-state index contributed by atoms with van der Waals surface area (Å²) in [6, 6.07) is 18.0. The first-order valence-electron chi connectivity index (χ1n) is 7.89. The molecule has 2 aliphatic rings. The van der Waals surface area contributed by atoms with Gasteiger partial charge >= 0.3 is 5.97 Å². The van der Waals surface area contributed by atoms with Gasteiger partial charge in [-0.15, -0.1) is 0 Å². The van der Waals surface area contributed by atoms with Gasteiger partial charge in [0.15, 0.2) is 0 Å². The summed E-state index contributed by atoms with van der Waals surface area (Å²) in [5.41, 5.74) is 4.22. The van der Waals surface area contributed by atoms with Crippen LogP contribution in [0.1, 0.15) is 15.9 Å². The smallest absolute Gasteiger partial charge is 0.336 e. The molecule has 25 heavy (non-hydrogen) atoms. The maximum Gasteiger partial charge on any atom is 0.336 e. The Morgan fingerprint density at radius 1 is 1.00 bits per heavy atom. The maximum absolute atomic E-state index is 11.7. The van der Waals surface area contributed by atoms with E-state index in [9.17, 15) is 9.90 Å². The van der Waals surface area contributed by atoms with Crippen molar-refractivity contribution in [2.45, 2.75) is 6.92 Å². The third-order valence-corrected chi connectivity index (χ3v) is 4.30. The molecule has 1 heterocycles. The minimum Gasteiger partial charge on any atom is -0.478 e. The minimum atomic E-state index is -0.970. The quantitative estimate of drug-likeness (QED) is 0.524. The average Bonchev–Trinajstić information content (AvgIpc) is 2.59. The molecule has 1 aliphatic heterocycles. The van der Waals surface area contributed by atoms with Gasteiger partial charge in [0.2, 0.25) is 0 Å². The second kappa shape index (κ2) is 5.60. The number of carbonyl (C=O) groups is 1. The molecule has 0 unspecified atom stereocenters. The Balaban J connectivity index is 2.22. The van der Waals surface area contributed by atoms with E-state index in [1.807, 2.05) is 43.3 Å². The molecule has 4 rings (SSSR count). The molecule has 2 aromatic carbocycles. The third kappa shape index (κ3) is 2.48. The zero-order chi connectivity index (χ0) is 17.6. The fraction of sp³-hybridized carbons (Fsp3) is 0.0476. The molecule has 4 nitrogen and oxygen atoms in total. The van der Waals surface area contributed by atoms with Gasteiger partial charge in [0.25, 0.3) is 0 Å². The molecule has 0 fully saturated rings. The first-order valence-corrected chi connectivity index (χ1v) is 7.89. The van der Waals surface area contributed by atoms with Crippen LogP contribution in [0.25, 0.3) is 33.4 Å². The lowest BCUT2D eigenvalue weighted by atomic mass is 9.90. The number of fused-ring (bicyclic) bond motifs is 2. The van der Waals surface area contributed by atoms with E-state index in [1.165, 1.54) is 0 Å². The fourth-order valence-electron chi connectivity index (χ4n) is 3.18. The lowest BCUT2D eigenvalue weighted by Gasteiger charge is -2.17. The SMILES string of the molecule is Cc1ccc2c(-c3ccccc3C(=O)O)c3ccc(=N)cc-3oc2c1. The molecular formula is C21H15NO3. The molecule has 0 spiro atoms. The fourth-order valence-corrected chi connectivity index (χ4v) is 3.18. The normalized spacial score (nSPS) is 11.1. The van der Waals surface area contributed by atoms with Crippen LogP contribution >= 0.6 is 0 Å². The predicted octanol–water partition coefficient (Wildman–Crippen LogP) is 4.69. The summed E-state index contributed by atoms with van der Waals surface area (Å²) in [7, 11) is 0. The molecule has 0 saturated heterocycles. The van der Waals surface area contributed by atoms with Gasteiger partial charge in [-0.05, 0) is 42.3 Å². The number of benzene rings is 3. The van der Waals surface area contributed by atoms with Crippen molar-refractivity contribution in [1.82, 2.24) is 0 Å². The van der Waals surface area contributed by atoms with Gasteiger partial charge in [0.05, 0.1) is 10.9 Å². The van der Waals surface area contributed by atoms with Crippen molar-refractivity contribution >= 4 is 16.9 Å². The van der Waals surface area contributed by atoms with Crippen LogP contribution in [0.15, 0.2) is 65.1 Å². The zero-order valence-electron chi connectivity index (χ0n) is 13.5. The van der Waals surface area contributed by atoms with E-state index in [1.54, 1.807) is 24.3 Å². The number of carboxylic acids is 1. The van der Waals surface area contributed by atoms with Crippen LogP contribution in [0.4, 0.5) is 0 Å². The van der Waals surface area contributed by atoms with E-state index in [2.05, 4.69) is 0 Å². The Kier molecular flexibility index (Phi) is 3.39. The Bertz CT molecular complexity index is 1160. The number of carboxylic acid groups (broad SMARTS) is 1. The molecule has 2 aromatic rings. The van der Waals surface area contributed by atoms with Gasteiger partial charge in [-0.3, -0.25) is 0 Å². The highest BCUT2D eigenvalue weighted by Gasteiger charge is 2.20. The van der Waals surface area contributed by atoms with E-state index >= 15 is 0 Å². The predicted molar refractivity (Wildman–Crippen MR) is 95.8 cm³/mol. The van der Waals surface area contributed by atoms with Crippen molar-refractivity contribution in [3.8, 4) is 22.5 Å². The van der Waals surface area contributed by atoms with Crippen LogP contribution in [0.2, 0.25) is 0 Å². The number of aryl methyl sites for hydroxylation is 1. The molecule has 4 heteroatoms. The Morgan fingerprint density at radius 2 is 1.80 bits per heavy atom. The molecule has 0 aromatic heterocycles. The standard InChI is InChI=1S/C21H15NO3/c1-12-6-8-16-18(10-12)25-19-11-13(22)7-9-17(19)20(16)14-4-2-3-5-15(14)21(23)24/h2-11,22H,1H3,(H,23,24). The van der Waals surface area contributed by atoms with Crippen molar-refractivity contribution in [2.24, 2.45) is 0 Å². The van der Waals surface area contributed by atoms with Gasteiger partial charge in [-0.25, -0.2) is 4.79 Å². The van der Waals surface area contributed by atoms with Crippen molar-refractivity contribution in [3.63, 3.8) is 0 Å². The van der Waals surface area contributed by atoms with Gasteiger partial charge < -0.3 is 14.9 Å². The molecule has 0 radical (unpaired) electrons. The van der Waals surface area contributed by atoms with Crippen molar-refractivity contribution in [3.05, 3.63) is 77.1 Å². The summed E-state index contributed by atoms with van der Waals surface area (Å²) in [5, 5.41) is 18.7. The molecule has 0 amide bonds. The number of hydrogen-bond acceptors (Lipinski definition) is 3. The minimum absolute atomic E-state index is 0.242. The number of hydrogen-bond donors (Lipinski definition) is 2. The van der Waals surface area contributed by atoms with Crippen LogP contribution in [0.3, 0.4) is 0 Å². The summed E-state index contributed by atoms with van der Waals surface area (Å²) in [5.74, 6) is -0.400. The second-order valence-corrected chi connectivity index (χ2v) is 6.04. The average molecular weight is 329 g/mol. The summed E-state index contributed by atoms with van der Waals surface area (Å²) in [4.78, 5) is 11.7. The molecular weight excluding hydrogens is 314 g/mol. The van der Waals surface area contributed by atoms with Gasteiger partial charge in [0.1, 0.15) is 11.3 Å². The van der Waals surface area contributed by atoms with E-state index in [4.69, 9.17) is 9.83 Å². The Hall–Kier alpha value is -3.40. The van der Waals surface area contributed by atoms with Crippen molar-refractivity contribution in [1.29, 1.82) is 5.41 Å². The van der Waals surface area contributed by atoms with Crippen LogP contribution < -0.4 is 5.36 Å². The highest BCUT2D eigenvalue weighted by molar-refractivity contribution is 6.07. The monoisotopic (exact) mass is 329 g/mol. The zero-order valence-corrected chi connectivity index (χ0v) is 13.5. The molecule has 1 aliphatic carbocycles. The summed E-state index contributed by atoms with van der Waals surface area (Å²) >= 11 is 0. The van der Waals surface area contributed by atoms with Gasteiger partial charge in [-0.2, -0.15) is 0 Å². The summed E-state index contributed by atoms with van der Waals surface area (Å²) < 4.78 is 6.00. The number of rotatable bonds is 2. The maximum atomic E-state index is 11.7. The lowest BCUT2D eigenvalue weighted by molar-refractivity contribution is 0.0697. The van der Waals surface area contributed by atoms with Crippen LogP contribution in [-0.4, -0.2) is 11.1 Å². The number of nitrogens with one attached hydrogen (secondary N) is 1. The highest BCUT2D eigenvalue weighted by atomic mass is 16.4.